The van der Waals surface area contributed by atoms with Crippen LogP contribution in [0.25, 0.3) is 0 Å². The molecule has 0 aliphatic carbocycles. The number of phosphoric acid groups is 1. The number of halogens is 7. The van der Waals surface area contributed by atoms with Gasteiger partial charge in [0.15, 0.2) is 0 Å². The first-order chi connectivity index (χ1) is 8.79. The summed E-state index contributed by atoms with van der Waals surface area (Å²) in [6.07, 6.45) is -10.9. The van der Waals surface area contributed by atoms with E-state index >= 15 is 0 Å². The lowest BCUT2D eigenvalue weighted by atomic mass is 10.0. The number of rotatable bonds is 3. The van der Waals surface area contributed by atoms with E-state index in [1.54, 1.807) is 0 Å². The highest BCUT2D eigenvalue weighted by Gasteiger charge is 2.73. The van der Waals surface area contributed by atoms with Gasteiger partial charge in [-0.25, -0.2) is 4.57 Å². The van der Waals surface area contributed by atoms with Crippen LogP contribution in [0.5, 0.6) is 0 Å². The molecule has 0 radical (unpaired) electrons. The molecule has 20 heavy (non-hydrogen) atoms. The maximum Gasteiger partial charge on any atom is 0.472 e. The van der Waals surface area contributed by atoms with Gasteiger partial charge in [0.25, 0.3) is 0 Å². The third-order valence-corrected chi connectivity index (χ3v) is 3.58. The summed E-state index contributed by atoms with van der Waals surface area (Å²) in [7, 11) is -4.72. The molecule has 120 valence electrons. The Labute approximate surface area is 108 Å². The summed E-state index contributed by atoms with van der Waals surface area (Å²) in [5, 5.41) is 0. The quantitative estimate of drug-likeness (QED) is 0.634. The monoisotopic (exact) mass is 334 g/mol. The third-order valence-electron chi connectivity index (χ3n) is 2.51. The Balaban J connectivity index is 2.87. The number of alkyl halides is 7. The maximum atomic E-state index is 13.1. The van der Waals surface area contributed by atoms with Crippen LogP contribution in [0.4, 0.5) is 30.7 Å². The Morgan fingerprint density at radius 2 is 1.70 bits per heavy atom. The van der Waals surface area contributed by atoms with Crippen LogP contribution in [0.2, 0.25) is 0 Å². The fourth-order valence-electron chi connectivity index (χ4n) is 1.52. The molecule has 1 saturated heterocycles. The van der Waals surface area contributed by atoms with Crippen molar-refractivity contribution in [1.82, 2.24) is 0 Å². The van der Waals surface area contributed by atoms with Gasteiger partial charge in [0.2, 0.25) is 0 Å². The van der Waals surface area contributed by atoms with Crippen molar-refractivity contribution in [3.63, 3.8) is 0 Å². The zero-order valence-corrected chi connectivity index (χ0v) is 10.6. The normalized spacial score (nSPS) is 30.1. The van der Waals surface area contributed by atoms with Crippen molar-refractivity contribution in [2.75, 3.05) is 6.61 Å². The van der Waals surface area contributed by atoms with Crippen LogP contribution in [0.1, 0.15) is 19.3 Å². The van der Waals surface area contributed by atoms with Gasteiger partial charge in [-0.3, -0.25) is 9.05 Å². The Morgan fingerprint density at radius 1 is 1.15 bits per heavy atom. The Bertz CT molecular complexity index is 397. The first kappa shape index (κ1) is 17.7. The molecule has 2 atom stereocenters. The van der Waals surface area contributed by atoms with E-state index in [1.165, 1.54) is 0 Å². The van der Waals surface area contributed by atoms with Gasteiger partial charge in [0.05, 0.1) is 12.7 Å². The number of hydrogen-bond acceptors (Lipinski definition) is 3. The molecule has 0 amide bonds. The van der Waals surface area contributed by atoms with Crippen LogP contribution >= 0.6 is 7.82 Å². The predicted octanol–water partition coefficient (Wildman–Crippen LogP) is 3.51. The molecule has 1 aliphatic rings. The van der Waals surface area contributed by atoms with Gasteiger partial charge in [0.1, 0.15) is 0 Å². The maximum absolute atomic E-state index is 13.1. The minimum atomic E-state index is -6.44. The van der Waals surface area contributed by atoms with Crippen LogP contribution in [0.15, 0.2) is 0 Å². The summed E-state index contributed by atoms with van der Waals surface area (Å²) in [5.74, 6) is -11.7. The topological polar surface area (TPSA) is 55.8 Å². The largest absolute Gasteiger partial charge is 0.472 e. The predicted molar refractivity (Wildman–Crippen MR) is 50.5 cm³/mol. The summed E-state index contributed by atoms with van der Waals surface area (Å²) >= 11 is 0. The van der Waals surface area contributed by atoms with Gasteiger partial charge < -0.3 is 4.89 Å². The summed E-state index contributed by atoms with van der Waals surface area (Å²) in [4.78, 5) is 8.94. The Morgan fingerprint density at radius 3 is 2.20 bits per heavy atom. The molecule has 0 saturated carbocycles. The highest BCUT2D eigenvalue weighted by molar-refractivity contribution is 7.47. The van der Waals surface area contributed by atoms with Crippen LogP contribution < -0.4 is 0 Å². The van der Waals surface area contributed by atoms with E-state index in [2.05, 4.69) is 9.05 Å². The summed E-state index contributed by atoms with van der Waals surface area (Å²) in [6, 6.07) is 0. The van der Waals surface area contributed by atoms with Crippen molar-refractivity contribution in [2.45, 2.75) is 43.4 Å². The van der Waals surface area contributed by atoms with Gasteiger partial charge in [-0.15, -0.1) is 0 Å². The van der Waals surface area contributed by atoms with E-state index < -0.39 is 44.8 Å². The van der Waals surface area contributed by atoms with Crippen molar-refractivity contribution in [3.8, 4) is 0 Å². The standard InChI is InChI=1S/C8H10F7O4P/c9-6(10,7(11,12)8(13,14)15)4-5-2-1-3-18-20(16,17)19-5/h5H,1-4H2,(H,16,17). The lowest BCUT2D eigenvalue weighted by Gasteiger charge is -2.30. The summed E-state index contributed by atoms with van der Waals surface area (Å²) in [6.45, 7) is -0.356. The summed E-state index contributed by atoms with van der Waals surface area (Å²) in [5.41, 5.74) is 0. The summed E-state index contributed by atoms with van der Waals surface area (Å²) < 4.78 is 107. The minimum Gasteiger partial charge on any atom is -0.302 e. The Hall–Kier alpha value is -0.380. The van der Waals surface area contributed by atoms with Gasteiger partial charge >= 0.3 is 25.8 Å². The van der Waals surface area contributed by atoms with Gasteiger partial charge in [0, 0.05) is 6.42 Å². The lowest BCUT2D eigenvalue weighted by Crippen LogP contribution is -2.53. The second kappa shape index (κ2) is 5.43. The smallest absolute Gasteiger partial charge is 0.302 e. The molecular weight excluding hydrogens is 324 g/mol. The molecule has 1 fully saturated rings. The average Bonchev–Trinajstić information content (AvgIpc) is 2.36. The van der Waals surface area contributed by atoms with E-state index in [9.17, 15) is 35.3 Å². The van der Waals surface area contributed by atoms with Crippen molar-refractivity contribution < 1.29 is 49.2 Å². The molecule has 0 aromatic rings. The zero-order valence-electron chi connectivity index (χ0n) is 9.67. The SMILES string of the molecule is O=P1(O)OCCCC(CC(F)(F)C(F)(F)C(F)(F)F)O1. The molecule has 0 spiro atoms. The van der Waals surface area contributed by atoms with Crippen LogP contribution in [-0.2, 0) is 13.6 Å². The fourth-order valence-corrected chi connectivity index (χ4v) is 2.50. The van der Waals surface area contributed by atoms with Crippen LogP contribution in [0, 0.1) is 0 Å². The van der Waals surface area contributed by atoms with Gasteiger partial charge in [-0.1, -0.05) is 0 Å². The van der Waals surface area contributed by atoms with Crippen molar-refractivity contribution in [2.24, 2.45) is 0 Å². The minimum absolute atomic E-state index is 0.0944. The first-order valence-electron chi connectivity index (χ1n) is 5.27. The van der Waals surface area contributed by atoms with Gasteiger partial charge in [-0.2, -0.15) is 30.7 Å². The van der Waals surface area contributed by atoms with E-state index in [0.29, 0.717) is 0 Å². The van der Waals surface area contributed by atoms with Crippen LogP contribution in [0.3, 0.4) is 0 Å². The van der Waals surface area contributed by atoms with E-state index in [1.807, 2.05) is 0 Å². The van der Waals surface area contributed by atoms with Crippen LogP contribution in [-0.4, -0.2) is 35.6 Å². The molecule has 1 heterocycles. The highest BCUT2D eigenvalue weighted by Crippen LogP contribution is 2.52. The van der Waals surface area contributed by atoms with Gasteiger partial charge in [-0.05, 0) is 12.8 Å². The average molecular weight is 334 g/mol. The number of phosphoric ester groups is 1. The molecule has 0 aromatic carbocycles. The van der Waals surface area contributed by atoms with Crippen molar-refractivity contribution in [1.29, 1.82) is 0 Å². The second-order valence-corrected chi connectivity index (χ2v) is 5.56. The molecule has 1 rings (SSSR count). The van der Waals surface area contributed by atoms with E-state index in [4.69, 9.17) is 4.89 Å². The molecule has 12 heteroatoms. The molecular formula is C8H10F7O4P. The van der Waals surface area contributed by atoms with Crippen molar-refractivity contribution >= 4 is 7.82 Å². The fraction of sp³-hybridized carbons (Fsp3) is 1.00. The zero-order chi connectivity index (χ0) is 15.8. The lowest BCUT2D eigenvalue weighted by molar-refractivity contribution is -0.358. The first-order valence-corrected chi connectivity index (χ1v) is 6.76. The third kappa shape index (κ3) is 3.84. The molecule has 0 bridgehead atoms. The molecule has 2 unspecified atom stereocenters. The number of hydrogen-bond donors (Lipinski definition) is 1. The highest BCUT2D eigenvalue weighted by atomic mass is 31.2. The Kier molecular flexibility index (Phi) is 4.80. The second-order valence-electron chi connectivity index (χ2n) is 4.15. The van der Waals surface area contributed by atoms with E-state index in [0.717, 1.165) is 0 Å². The molecule has 1 N–H and O–H groups in total. The molecule has 0 aromatic heterocycles. The molecule has 1 aliphatic heterocycles. The van der Waals surface area contributed by atoms with E-state index in [-0.39, 0.29) is 13.0 Å². The van der Waals surface area contributed by atoms with Crippen molar-refractivity contribution in [3.05, 3.63) is 0 Å². The molecule has 4 nitrogen and oxygen atoms in total.